The van der Waals surface area contributed by atoms with E-state index in [2.05, 4.69) is 0 Å². The summed E-state index contributed by atoms with van der Waals surface area (Å²) in [5.41, 5.74) is 7.57. The fraction of sp³-hybridized carbons (Fsp3) is 0.364. The van der Waals surface area contributed by atoms with Crippen molar-refractivity contribution in [3.8, 4) is 0 Å². The fourth-order valence-electron chi connectivity index (χ4n) is 1.49. The van der Waals surface area contributed by atoms with Gasteiger partial charge in [0.1, 0.15) is 0 Å². The van der Waals surface area contributed by atoms with E-state index in [9.17, 15) is 9.90 Å². The first-order valence-corrected chi connectivity index (χ1v) is 4.58. The monoisotopic (exact) mass is 193 g/mol. The third-order valence-electron chi connectivity index (χ3n) is 2.23. The van der Waals surface area contributed by atoms with Gasteiger partial charge in [0.25, 0.3) is 0 Å². The van der Waals surface area contributed by atoms with Gasteiger partial charge < -0.3 is 10.8 Å². The molecular weight excluding hydrogens is 178 g/mol. The predicted octanol–water partition coefficient (Wildman–Crippen LogP) is 1.02. The third kappa shape index (κ3) is 2.33. The van der Waals surface area contributed by atoms with E-state index in [1.54, 1.807) is 19.1 Å². The maximum atomic E-state index is 11.0. The molecule has 1 rings (SSSR count). The Labute approximate surface area is 83.6 Å². The number of primary amides is 1. The van der Waals surface area contributed by atoms with Crippen molar-refractivity contribution >= 4 is 5.91 Å². The molecule has 76 valence electrons. The van der Waals surface area contributed by atoms with Crippen LogP contribution in [0.5, 0.6) is 0 Å². The van der Waals surface area contributed by atoms with Crippen molar-refractivity contribution in [3.05, 3.63) is 34.9 Å². The van der Waals surface area contributed by atoms with Crippen molar-refractivity contribution < 1.29 is 9.90 Å². The summed E-state index contributed by atoms with van der Waals surface area (Å²) in [5.74, 6) is -0.421. The van der Waals surface area contributed by atoms with Gasteiger partial charge in [-0.2, -0.15) is 0 Å². The lowest BCUT2D eigenvalue weighted by atomic mass is 9.98. The molecule has 0 saturated heterocycles. The van der Waals surface area contributed by atoms with Crippen LogP contribution in [0, 0.1) is 6.92 Å². The molecule has 1 amide bonds. The molecule has 0 aromatic heterocycles. The molecule has 0 aliphatic carbocycles. The predicted molar refractivity (Wildman–Crippen MR) is 55.1 cm³/mol. The van der Waals surface area contributed by atoms with Crippen molar-refractivity contribution in [1.82, 2.24) is 0 Å². The standard InChI is InChI=1S/C11H15NO2/c1-7(13)6-9-4-3-5-10(8(9)2)11(12)14/h3-5,7,13H,6H2,1-2H3,(H2,12,14). The first-order chi connectivity index (χ1) is 6.52. The zero-order chi connectivity index (χ0) is 10.7. The molecule has 0 spiro atoms. The summed E-state index contributed by atoms with van der Waals surface area (Å²) in [6.45, 7) is 3.56. The Morgan fingerprint density at radius 2 is 2.21 bits per heavy atom. The smallest absolute Gasteiger partial charge is 0.248 e. The average molecular weight is 193 g/mol. The van der Waals surface area contributed by atoms with Gasteiger partial charge in [0.05, 0.1) is 6.10 Å². The SMILES string of the molecule is Cc1c(CC(C)O)cccc1C(N)=O. The summed E-state index contributed by atoms with van der Waals surface area (Å²) in [7, 11) is 0. The Kier molecular flexibility index (Phi) is 3.25. The lowest BCUT2D eigenvalue weighted by molar-refractivity contribution is 0.0999. The molecule has 0 radical (unpaired) electrons. The van der Waals surface area contributed by atoms with E-state index >= 15 is 0 Å². The van der Waals surface area contributed by atoms with Crippen LogP contribution in [-0.2, 0) is 6.42 Å². The second-order valence-electron chi connectivity index (χ2n) is 3.51. The number of benzene rings is 1. The molecule has 0 aliphatic heterocycles. The van der Waals surface area contributed by atoms with Crippen molar-refractivity contribution in [2.75, 3.05) is 0 Å². The molecule has 0 heterocycles. The minimum absolute atomic E-state index is 0.406. The van der Waals surface area contributed by atoms with E-state index in [1.165, 1.54) is 0 Å². The van der Waals surface area contributed by atoms with Gasteiger partial charge in [0.15, 0.2) is 0 Å². The number of aliphatic hydroxyl groups excluding tert-OH is 1. The molecule has 0 fully saturated rings. The molecule has 1 atom stereocenters. The van der Waals surface area contributed by atoms with Crippen LogP contribution in [0.2, 0.25) is 0 Å². The summed E-state index contributed by atoms with van der Waals surface area (Å²) in [5, 5.41) is 9.24. The van der Waals surface area contributed by atoms with E-state index in [-0.39, 0.29) is 0 Å². The minimum Gasteiger partial charge on any atom is -0.393 e. The van der Waals surface area contributed by atoms with Gasteiger partial charge in [0.2, 0.25) is 5.91 Å². The average Bonchev–Trinajstić information content (AvgIpc) is 2.07. The summed E-state index contributed by atoms with van der Waals surface area (Å²) in [6.07, 6.45) is 0.143. The van der Waals surface area contributed by atoms with Crippen LogP contribution in [-0.4, -0.2) is 17.1 Å². The van der Waals surface area contributed by atoms with Crippen LogP contribution in [0.25, 0.3) is 0 Å². The summed E-state index contributed by atoms with van der Waals surface area (Å²) < 4.78 is 0. The molecule has 1 aromatic carbocycles. The van der Waals surface area contributed by atoms with Crippen LogP contribution in [0.4, 0.5) is 0 Å². The van der Waals surface area contributed by atoms with Gasteiger partial charge in [-0.1, -0.05) is 12.1 Å². The molecule has 14 heavy (non-hydrogen) atoms. The first-order valence-electron chi connectivity index (χ1n) is 4.58. The molecule has 0 bridgehead atoms. The highest BCUT2D eigenvalue weighted by Crippen LogP contribution is 2.14. The summed E-state index contributed by atoms with van der Waals surface area (Å²) >= 11 is 0. The van der Waals surface area contributed by atoms with Crippen molar-refractivity contribution in [2.45, 2.75) is 26.4 Å². The Morgan fingerprint density at radius 3 is 2.71 bits per heavy atom. The normalized spacial score (nSPS) is 12.5. The number of hydrogen-bond donors (Lipinski definition) is 2. The van der Waals surface area contributed by atoms with Gasteiger partial charge in [0, 0.05) is 5.56 Å². The third-order valence-corrected chi connectivity index (χ3v) is 2.23. The molecule has 0 aliphatic rings. The zero-order valence-corrected chi connectivity index (χ0v) is 8.45. The maximum Gasteiger partial charge on any atom is 0.248 e. The Bertz CT molecular complexity index is 345. The van der Waals surface area contributed by atoms with Crippen LogP contribution in [0.3, 0.4) is 0 Å². The van der Waals surface area contributed by atoms with Crippen LogP contribution in [0.15, 0.2) is 18.2 Å². The molecule has 3 nitrogen and oxygen atoms in total. The lowest BCUT2D eigenvalue weighted by Gasteiger charge is -2.10. The molecule has 0 saturated carbocycles. The maximum absolute atomic E-state index is 11.0. The number of hydrogen-bond acceptors (Lipinski definition) is 2. The quantitative estimate of drug-likeness (QED) is 0.752. The topological polar surface area (TPSA) is 63.3 Å². The van der Waals surface area contributed by atoms with Gasteiger partial charge in [-0.05, 0) is 37.5 Å². The second-order valence-corrected chi connectivity index (χ2v) is 3.51. The van der Waals surface area contributed by atoms with Crippen molar-refractivity contribution in [2.24, 2.45) is 5.73 Å². The van der Waals surface area contributed by atoms with E-state index in [1.807, 2.05) is 13.0 Å². The van der Waals surface area contributed by atoms with Gasteiger partial charge >= 0.3 is 0 Å². The Balaban J connectivity index is 3.07. The Hall–Kier alpha value is -1.35. The summed E-state index contributed by atoms with van der Waals surface area (Å²) in [4.78, 5) is 11.0. The first kappa shape index (κ1) is 10.7. The van der Waals surface area contributed by atoms with Crippen molar-refractivity contribution in [3.63, 3.8) is 0 Å². The number of carbonyl (C=O) groups is 1. The largest absolute Gasteiger partial charge is 0.393 e. The van der Waals surface area contributed by atoms with Gasteiger partial charge in [-0.25, -0.2) is 0 Å². The van der Waals surface area contributed by atoms with E-state index in [0.29, 0.717) is 12.0 Å². The summed E-state index contributed by atoms with van der Waals surface area (Å²) in [6, 6.07) is 5.38. The van der Waals surface area contributed by atoms with Gasteiger partial charge in [-0.15, -0.1) is 0 Å². The van der Waals surface area contributed by atoms with Crippen molar-refractivity contribution in [1.29, 1.82) is 0 Å². The highest BCUT2D eigenvalue weighted by atomic mass is 16.3. The molecule has 3 heteroatoms. The number of amides is 1. The van der Waals surface area contributed by atoms with E-state index < -0.39 is 12.0 Å². The molecule has 3 N–H and O–H groups in total. The van der Waals surface area contributed by atoms with E-state index in [0.717, 1.165) is 11.1 Å². The van der Waals surface area contributed by atoms with Crippen LogP contribution < -0.4 is 5.73 Å². The van der Waals surface area contributed by atoms with E-state index in [4.69, 9.17) is 5.73 Å². The highest BCUT2D eigenvalue weighted by Gasteiger charge is 2.09. The Morgan fingerprint density at radius 1 is 1.57 bits per heavy atom. The zero-order valence-electron chi connectivity index (χ0n) is 8.45. The second kappa shape index (κ2) is 4.24. The molecule has 1 aromatic rings. The van der Waals surface area contributed by atoms with Crippen LogP contribution in [0.1, 0.15) is 28.4 Å². The van der Waals surface area contributed by atoms with Crippen LogP contribution >= 0.6 is 0 Å². The number of aliphatic hydroxyl groups is 1. The van der Waals surface area contributed by atoms with Gasteiger partial charge in [-0.3, -0.25) is 4.79 Å². The molecule has 1 unspecified atom stereocenters. The number of carbonyl (C=O) groups excluding carboxylic acids is 1. The lowest BCUT2D eigenvalue weighted by Crippen LogP contribution is -2.15. The fourth-order valence-corrected chi connectivity index (χ4v) is 1.49. The minimum atomic E-state index is -0.421. The highest BCUT2D eigenvalue weighted by molar-refractivity contribution is 5.94. The number of rotatable bonds is 3. The number of nitrogens with two attached hydrogens (primary N) is 1. The molecular formula is C11H15NO2.